The molecule has 0 saturated carbocycles. The van der Waals surface area contributed by atoms with Crippen LogP contribution in [0.15, 0.2) is 12.1 Å². The number of aromatic carboxylic acids is 1. The van der Waals surface area contributed by atoms with E-state index in [1.165, 1.54) is 0 Å². The Kier molecular flexibility index (Phi) is 5.95. The normalized spacial score (nSPS) is 11.4. The highest BCUT2D eigenvalue weighted by atomic mass is 16.4. The summed E-state index contributed by atoms with van der Waals surface area (Å²) in [4.78, 5) is 17.8. The minimum atomic E-state index is -0.920. The lowest BCUT2D eigenvalue weighted by Gasteiger charge is -2.21. The third-order valence-corrected chi connectivity index (χ3v) is 3.34. The van der Waals surface area contributed by atoms with Crippen LogP contribution in [0.2, 0.25) is 0 Å². The van der Waals surface area contributed by atoms with Gasteiger partial charge >= 0.3 is 5.97 Å². The fourth-order valence-electron chi connectivity index (χ4n) is 1.68. The van der Waals surface area contributed by atoms with Gasteiger partial charge < -0.3 is 15.3 Å². The van der Waals surface area contributed by atoms with Crippen LogP contribution in [0.3, 0.4) is 0 Å². The van der Waals surface area contributed by atoms with Gasteiger partial charge in [-0.05, 0) is 38.9 Å². The number of hydrogen-bond donors (Lipinski definition) is 2. The van der Waals surface area contributed by atoms with Crippen molar-refractivity contribution in [3.8, 4) is 0 Å². The van der Waals surface area contributed by atoms with Crippen molar-refractivity contribution in [2.75, 3.05) is 25.5 Å². The fourth-order valence-corrected chi connectivity index (χ4v) is 1.68. The number of nitrogens with one attached hydrogen (secondary N) is 1. The van der Waals surface area contributed by atoms with Crippen LogP contribution in [0, 0.1) is 0 Å². The molecule has 20 heavy (non-hydrogen) atoms. The molecule has 0 atom stereocenters. The maximum absolute atomic E-state index is 11.1. The van der Waals surface area contributed by atoms with Gasteiger partial charge in [-0.2, -0.15) is 0 Å². The van der Waals surface area contributed by atoms with E-state index in [1.54, 1.807) is 12.1 Å². The first-order valence-electron chi connectivity index (χ1n) is 7.00. The Balaban J connectivity index is 2.76. The van der Waals surface area contributed by atoms with E-state index < -0.39 is 5.97 Å². The number of carboxylic acid groups (broad SMARTS) is 1. The molecular weight excluding hydrogens is 254 g/mol. The van der Waals surface area contributed by atoms with Crippen molar-refractivity contribution < 1.29 is 9.90 Å². The summed E-state index contributed by atoms with van der Waals surface area (Å²) in [5, 5.41) is 12.3. The van der Waals surface area contributed by atoms with E-state index in [0.29, 0.717) is 11.9 Å². The Bertz CT molecular complexity index is 458. The number of anilines is 1. The zero-order valence-electron chi connectivity index (χ0n) is 13.0. The van der Waals surface area contributed by atoms with E-state index in [-0.39, 0.29) is 11.5 Å². The Labute approximate surface area is 121 Å². The van der Waals surface area contributed by atoms with Crippen LogP contribution < -0.4 is 5.32 Å². The van der Waals surface area contributed by atoms with Crippen molar-refractivity contribution in [2.24, 2.45) is 0 Å². The summed E-state index contributed by atoms with van der Waals surface area (Å²) < 4.78 is 0. The van der Waals surface area contributed by atoms with E-state index in [9.17, 15) is 4.79 Å². The molecule has 1 aromatic rings. The van der Waals surface area contributed by atoms with Gasteiger partial charge in [0.25, 0.3) is 0 Å². The third-order valence-electron chi connectivity index (χ3n) is 3.34. The molecule has 0 unspecified atom stereocenters. The lowest BCUT2D eigenvalue weighted by molar-refractivity contribution is 0.0696. The summed E-state index contributed by atoms with van der Waals surface area (Å²) in [5.41, 5.74) is 1.08. The monoisotopic (exact) mass is 279 g/mol. The molecule has 0 radical (unpaired) electrons. The van der Waals surface area contributed by atoms with Crippen LogP contribution >= 0.6 is 0 Å². The van der Waals surface area contributed by atoms with Crippen LogP contribution in [0.4, 0.5) is 5.82 Å². The van der Waals surface area contributed by atoms with Crippen molar-refractivity contribution in [1.29, 1.82) is 0 Å². The van der Waals surface area contributed by atoms with Crippen LogP contribution in [-0.4, -0.2) is 47.1 Å². The summed E-state index contributed by atoms with van der Waals surface area (Å²) in [6.07, 6.45) is 0. The molecule has 0 fully saturated rings. The van der Waals surface area contributed by atoms with Crippen molar-refractivity contribution in [3.05, 3.63) is 23.4 Å². The number of pyridine rings is 1. The molecule has 1 rings (SSSR count). The van der Waals surface area contributed by atoms with Gasteiger partial charge in [-0.3, -0.25) is 0 Å². The second kappa shape index (κ2) is 7.24. The first-order chi connectivity index (χ1) is 9.31. The maximum atomic E-state index is 11.1. The molecule has 0 aliphatic rings. The molecule has 0 spiro atoms. The largest absolute Gasteiger partial charge is 0.478 e. The van der Waals surface area contributed by atoms with Crippen molar-refractivity contribution in [1.82, 2.24) is 9.88 Å². The molecule has 0 saturated heterocycles. The van der Waals surface area contributed by atoms with E-state index in [0.717, 1.165) is 18.8 Å². The highest BCUT2D eigenvalue weighted by Crippen LogP contribution is 2.17. The second-order valence-electron chi connectivity index (χ2n) is 5.63. The minimum absolute atomic E-state index is 0.202. The fraction of sp³-hybridized carbons (Fsp3) is 0.600. The van der Waals surface area contributed by atoms with Crippen LogP contribution in [0.5, 0.6) is 0 Å². The molecule has 2 N–H and O–H groups in total. The Morgan fingerprint density at radius 2 is 2.00 bits per heavy atom. The minimum Gasteiger partial charge on any atom is -0.478 e. The molecule has 0 aromatic carbocycles. The number of carboxylic acids is 1. The number of rotatable bonds is 7. The summed E-state index contributed by atoms with van der Waals surface area (Å²) >= 11 is 0. The first kappa shape index (κ1) is 16.4. The van der Waals surface area contributed by atoms with Gasteiger partial charge in [0.1, 0.15) is 5.82 Å². The van der Waals surface area contributed by atoms with Crippen LogP contribution in [0.1, 0.15) is 49.7 Å². The number of carbonyl (C=O) groups is 1. The standard InChI is InChI=1S/C15H25N3O2/c1-10(2)13-8-12(15(19)20)9-14(17-13)16-6-7-18(5)11(3)4/h8-11H,6-7H2,1-5H3,(H,16,17)(H,19,20). The summed E-state index contributed by atoms with van der Waals surface area (Å²) in [6, 6.07) is 3.71. The number of hydrogen-bond acceptors (Lipinski definition) is 4. The van der Waals surface area contributed by atoms with Crippen molar-refractivity contribution in [3.63, 3.8) is 0 Å². The lowest BCUT2D eigenvalue weighted by atomic mass is 10.1. The van der Waals surface area contributed by atoms with Gasteiger partial charge in [0, 0.05) is 24.8 Å². The number of nitrogens with zero attached hydrogens (tertiary/aromatic N) is 2. The maximum Gasteiger partial charge on any atom is 0.335 e. The predicted octanol–water partition coefficient (Wildman–Crippen LogP) is 2.66. The molecule has 0 bridgehead atoms. The van der Waals surface area contributed by atoms with Gasteiger partial charge in [0.2, 0.25) is 0 Å². The van der Waals surface area contributed by atoms with E-state index >= 15 is 0 Å². The summed E-state index contributed by atoms with van der Waals surface area (Å²) in [6.45, 7) is 9.91. The predicted molar refractivity (Wildman–Crippen MR) is 81.5 cm³/mol. The molecule has 1 aromatic heterocycles. The first-order valence-corrected chi connectivity index (χ1v) is 7.00. The topological polar surface area (TPSA) is 65.5 Å². The summed E-state index contributed by atoms with van der Waals surface area (Å²) in [7, 11) is 2.06. The van der Waals surface area contributed by atoms with Crippen LogP contribution in [0.25, 0.3) is 0 Å². The second-order valence-corrected chi connectivity index (χ2v) is 5.63. The van der Waals surface area contributed by atoms with Gasteiger partial charge in [0.05, 0.1) is 5.56 Å². The average molecular weight is 279 g/mol. The zero-order valence-corrected chi connectivity index (χ0v) is 13.0. The Morgan fingerprint density at radius 3 is 2.50 bits per heavy atom. The smallest absolute Gasteiger partial charge is 0.335 e. The number of likely N-dealkylation sites (N-methyl/N-ethyl adjacent to an activating group) is 1. The van der Waals surface area contributed by atoms with E-state index in [1.807, 2.05) is 13.8 Å². The number of aromatic nitrogens is 1. The Morgan fingerprint density at radius 1 is 1.35 bits per heavy atom. The molecule has 0 aliphatic heterocycles. The lowest BCUT2D eigenvalue weighted by Crippen LogP contribution is -2.31. The summed E-state index contributed by atoms with van der Waals surface area (Å²) in [5.74, 6) is -0.0874. The molecule has 5 nitrogen and oxygen atoms in total. The van der Waals surface area contributed by atoms with Gasteiger partial charge in [-0.1, -0.05) is 13.8 Å². The molecular formula is C15H25N3O2. The molecule has 1 heterocycles. The molecule has 5 heteroatoms. The van der Waals surface area contributed by atoms with Crippen molar-refractivity contribution in [2.45, 2.75) is 39.7 Å². The molecule has 0 aliphatic carbocycles. The van der Waals surface area contributed by atoms with E-state index in [4.69, 9.17) is 5.11 Å². The highest BCUT2D eigenvalue weighted by Gasteiger charge is 2.11. The van der Waals surface area contributed by atoms with Gasteiger partial charge in [0.15, 0.2) is 0 Å². The molecule has 112 valence electrons. The van der Waals surface area contributed by atoms with Gasteiger partial charge in [-0.15, -0.1) is 0 Å². The average Bonchev–Trinajstić information content (AvgIpc) is 2.37. The SMILES string of the molecule is CC(C)c1cc(C(=O)O)cc(NCCN(C)C(C)C)n1. The molecule has 0 amide bonds. The highest BCUT2D eigenvalue weighted by molar-refractivity contribution is 5.88. The zero-order chi connectivity index (χ0) is 15.3. The van der Waals surface area contributed by atoms with Crippen molar-refractivity contribution >= 4 is 11.8 Å². The van der Waals surface area contributed by atoms with Crippen LogP contribution in [-0.2, 0) is 0 Å². The Hall–Kier alpha value is -1.62. The van der Waals surface area contributed by atoms with Gasteiger partial charge in [-0.25, -0.2) is 9.78 Å². The third kappa shape index (κ3) is 4.81. The van der Waals surface area contributed by atoms with E-state index in [2.05, 4.69) is 36.1 Å². The quantitative estimate of drug-likeness (QED) is 0.803.